The SMILES string of the molecule is N.N.N.N.NCCNCC(CC(=O)O)(CC(=O)O)N(CC(=O)O)CC(=O)O. The Labute approximate surface area is 156 Å². The number of hydrogen-bond donors (Lipinski definition) is 10. The van der Waals surface area contributed by atoms with Crippen molar-refractivity contribution in [2.45, 2.75) is 18.4 Å². The molecule has 0 aliphatic heterocycles. The van der Waals surface area contributed by atoms with Crippen LogP contribution in [0.15, 0.2) is 0 Å². The highest BCUT2D eigenvalue weighted by Gasteiger charge is 2.42. The molecule has 164 valence electrons. The Balaban J connectivity index is -0.000000403. The molecule has 0 unspecified atom stereocenters. The van der Waals surface area contributed by atoms with Crippen LogP contribution in [-0.4, -0.2) is 87.5 Å². The van der Waals surface area contributed by atoms with Crippen LogP contribution in [0.5, 0.6) is 0 Å². The third-order valence-corrected chi connectivity index (χ3v) is 3.06. The number of nitrogens with zero attached hydrogens (tertiary/aromatic N) is 1. The smallest absolute Gasteiger partial charge is 0.317 e. The van der Waals surface area contributed by atoms with Crippen LogP contribution in [0.2, 0.25) is 0 Å². The second-order valence-corrected chi connectivity index (χ2v) is 4.97. The average molecular weight is 403 g/mol. The first-order chi connectivity index (χ1) is 10.6. The lowest BCUT2D eigenvalue weighted by atomic mass is 9.88. The quantitative estimate of drug-likeness (QED) is 0.154. The topological polar surface area (TPSA) is 330 Å². The van der Waals surface area contributed by atoms with Crippen LogP contribution in [0.25, 0.3) is 0 Å². The minimum atomic E-state index is -1.72. The zero-order valence-corrected chi connectivity index (χ0v) is 15.2. The predicted molar refractivity (Wildman–Crippen MR) is 96.1 cm³/mol. The highest BCUT2D eigenvalue weighted by Crippen LogP contribution is 2.24. The van der Waals surface area contributed by atoms with E-state index in [2.05, 4.69) is 5.32 Å². The second-order valence-electron chi connectivity index (χ2n) is 4.97. The van der Waals surface area contributed by atoms with Crippen LogP contribution >= 0.6 is 0 Å². The van der Waals surface area contributed by atoms with E-state index in [0.717, 1.165) is 4.90 Å². The molecule has 19 N–H and O–H groups in total. The largest absolute Gasteiger partial charge is 0.481 e. The van der Waals surface area contributed by atoms with E-state index in [1.54, 1.807) is 0 Å². The summed E-state index contributed by atoms with van der Waals surface area (Å²) >= 11 is 0. The molecule has 0 aromatic rings. The number of nitrogens with two attached hydrogens (primary N) is 1. The van der Waals surface area contributed by atoms with Crippen LogP contribution in [0.4, 0.5) is 0 Å². The van der Waals surface area contributed by atoms with Gasteiger partial charge in [-0.05, 0) is 0 Å². The van der Waals surface area contributed by atoms with Crippen LogP contribution < -0.4 is 35.7 Å². The lowest BCUT2D eigenvalue weighted by Gasteiger charge is -2.41. The Bertz CT molecular complexity index is 431. The molecule has 0 amide bonds. The van der Waals surface area contributed by atoms with Crippen molar-refractivity contribution in [3.63, 3.8) is 0 Å². The summed E-state index contributed by atoms with van der Waals surface area (Å²) in [5.41, 5.74) is 3.58. The van der Waals surface area contributed by atoms with E-state index >= 15 is 0 Å². The first-order valence-electron chi connectivity index (χ1n) is 6.66. The van der Waals surface area contributed by atoms with E-state index in [1.807, 2.05) is 0 Å². The summed E-state index contributed by atoms with van der Waals surface area (Å²) in [5, 5.41) is 38.7. The minimum Gasteiger partial charge on any atom is -0.481 e. The van der Waals surface area contributed by atoms with Crippen molar-refractivity contribution in [2.75, 3.05) is 32.7 Å². The van der Waals surface area contributed by atoms with Crippen molar-refractivity contribution in [2.24, 2.45) is 5.73 Å². The normalized spacial score (nSPS) is 9.70. The summed E-state index contributed by atoms with van der Waals surface area (Å²) in [6.45, 7) is -1.43. The highest BCUT2D eigenvalue weighted by molar-refractivity contribution is 5.76. The molecular weight excluding hydrogens is 370 g/mol. The molecule has 0 radical (unpaired) electrons. The minimum absolute atomic E-state index is 0. The lowest BCUT2D eigenvalue weighted by Crippen LogP contribution is -2.60. The maximum atomic E-state index is 11.1. The molecule has 0 aliphatic carbocycles. The fourth-order valence-electron chi connectivity index (χ4n) is 2.23. The molecule has 0 atom stereocenters. The average Bonchev–Trinajstić information content (AvgIpc) is 2.35. The summed E-state index contributed by atoms with van der Waals surface area (Å²) in [4.78, 5) is 45.1. The first-order valence-corrected chi connectivity index (χ1v) is 6.66. The Kier molecular flexibility index (Phi) is 22.5. The van der Waals surface area contributed by atoms with Gasteiger partial charge in [0.2, 0.25) is 0 Å². The molecule has 0 bridgehead atoms. The Hall–Kier alpha value is -2.40. The van der Waals surface area contributed by atoms with Gasteiger partial charge in [0.05, 0.1) is 31.5 Å². The van der Waals surface area contributed by atoms with Crippen LogP contribution in [-0.2, 0) is 19.2 Å². The summed E-state index contributed by atoms with van der Waals surface area (Å²) in [5.74, 6) is -5.54. The third-order valence-electron chi connectivity index (χ3n) is 3.06. The molecule has 0 aromatic carbocycles. The number of rotatable bonds is 13. The molecule has 0 fully saturated rings. The standard InChI is InChI=1S/C12H21N3O8.4H3N/c13-1-2-14-7-12(3-8(16)17,4-9(18)19)15(5-10(20)21)6-11(22)23;;;;/h14H,1-7,13H2,(H,16,17)(H,18,19)(H,20,21)(H,22,23);4*1H3. The molecular formula is C12H33N7O8. The third kappa shape index (κ3) is 14.5. The summed E-state index contributed by atoms with van der Waals surface area (Å²) in [6, 6.07) is 0. The zero-order chi connectivity index (χ0) is 18.0. The fraction of sp³-hybridized carbons (Fsp3) is 0.667. The summed E-state index contributed by atoms with van der Waals surface area (Å²) in [7, 11) is 0. The number of nitrogens with one attached hydrogen (secondary N) is 1. The summed E-state index contributed by atoms with van der Waals surface area (Å²) in [6.07, 6.45) is -1.48. The molecule has 0 saturated carbocycles. The monoisotopic (exact) mass is 403 g/mol. The molecule has 0 heterocycles. The maximum absolute atomic E-state index is 11.1. The number of aliphatic carboxylic acids is 4. The second kappa shape index (κ2) is 17.0. The number of carboxylic acid groups (broad SMARTS) is 4. The van der Waals surface area contributed by atoms with Crippen molar-refractivity contribution in [3.8, 4) is 0 Å². The summed E-state index contributed by atoms with van der Waals surface area (Å²) < 4.78 is 0. The highest BCUT2D eigenvalue weighted by atomic mass is 16.4. The van der Waals surface area contributed by atoms with Gasteiger partial charge in [0.25, 0.3) is 0 Å². The molecule has 0 aromatic heterocycles. The van der Waals surface area contributed by atoms with E-state index in [-0.39, 0.29) is 44.2 Å². The van der Waals surface area contributed by atoms with Gasteiger partial charge in [-0.15, -0.1) is 0 Å². The van der Waals surface area contributed by atoms with Crippen LogP contribution in [0.1, 0.15) is 12.8 Å². The lowest BCUT2D eigenvalue weighted by molar-refractivity contribution is -0.154. The number of carboxylic acids is 4. The Morgan fingerprint density at radius 3 is 1.41 bits per heavy atom. The van der Waals surface area contributed by atoms with E-state index in [4.69, 9.17) is 26.2 Å². The molecule has 27 heavy (non-hydrogen) atoms. The van der Waals surface area contributed by atoms with Gasteiger partial charge in [-0.1, -0.05) is 0 Å². The maximum Gasteiger partial charge on any atom is 0.317 e. The van der Waals surface area contributed by atoms with Crippen LogP contribution in [0, 0.1) is 0 Å². The van der Waals surface area contributed by atoms with Crippen molar-refractivity contribution >= 4 is 23.9 Å². The van der Waals surface area contributed by atoms with Crippen molar-refractivity contribution < 1.29 is 39.6 Å². The molecule has 15 nitrogen and oxygen atoms in total. The molecule has 15 heteroatoms. The number of carbonyl (C=O) groups is 4. The van der Waals surface area contributed by atoms with Crippen molar-refractivity contribution in [1.82, 2.24) is 34.8 Å². The molecule has 0 aliphatic rings. The van der Waals surface area contributed by atoms with Gasteiger partial charge in [0.1, 0.15) is 0 Å². The Morgan fingerprint density at radius 1 is 0.778 bits per heavy atom. The van der Waals surface area contributed by atoms with Gasteiger partial charge in [-0.3, -0.25) is 24.1 Å². The number of hydrogen-bond acceptors (Lipinski definition) is 11. The fourth-order valence-corrected chi connectivity index (χ4v) is 2.23. The van der Waals surface area contributed by atoms with Gasteiger partial charge in [0.15, 0.2) is 0 Å². The van der Waals surface area contributed by atoms with E-state index in [0.29, 0.717) is 0 Å². The van der Waals surface area contributed by atoms with Gasteiger partial charge < -0.3 is 56.1 Å². The van der Waals surface area contributed by atoms with Gasteiger partial charge in [0, 0.05) is 19.6 Å². The first kappa shape index (κ1) is 35.7. The van der Waals surface area contributed by atoms with E-state index < -0.39 is 55.3 Å². The van der Waals surface area contributed by atoms with E-state index in [1.165, 1.54) is 0 Å². The van der Waals surface area contributed by atoms with Gasteiger partial charge in [-0.2, -0.15) is 0 Å². The Morgan fingerprint density at radius 2 is 1.15 bits per heavy atom. The molecule has 0 rings (SSSR count). The van der Waals surface area contributed by atoms with Gasteiger partial charge >= 0.3 is 23.9 Å². The van der Waals surface area contributed by atoms with Crippen molar-refractivity contribution in [1.29, 1.82) is 0 Å². The van der Waals surface area contributed by atoms with Gasteiger partial charge in [-0.25, -0.2) is 0 Å². The van der Waals surface area contributed by atoms with Crippen molar-refractivity contribution in [3.05, 3.63) is 0 Å². The zero-order valence-electron chi connectivity index (χ0n) is 15.2. The molecule has 0 saturated heterocycles. The molecule has 0 spiro atoms. The predicted octanol–water partition coefficient (Wildman–Crippen LogP) is -1.66. The van der Waals surface area contributed by atoms with Crippen LogP contribution in [0.3, 0.4) is 0 Å². The van der Waals surface area contributed by atoms with E-state index in [9.17, 15) is 19.2 Å².